The van der Waals surface area contributed by atoms with Gasteiger partial charge in [0.05, 0.1) is 13.0 Å². The number of nitrogens with two attached hydrogens (primary N) is 1. The lowest BCUT2D eigenvalue weighted by atomic mass is 10.2. The van der Waals surface area contributed by atoms with Crippen LogP contribution in [0, 0.1) is 0 Å². The van der Waals surface area contributed by atoms with Gasteiger partial charge in [0.15, 0.2) is 5.11 Å². The molecule has 1 heterocycles. The van der Waals surface area contributed by atoms with Crippen molar-refractivity contribution in [3.05, 3.63) is 0 Å². The molecule has 1 atom stereocenters. The van der Waals surface area contributed by atoms with E-state index in [1.165, 1.54) is 0 Å². The van der Waals surface area contributed by atoms with Gasteiger partial charge in [-0.3, -0.25) is 14.4 Å². The van der Waals surface area contributed by atoms with E-state index in [1.54, 1.807) is 0 Å². The first-order valence-electron chi connectivity index (χ1n) is 4.10. The first-order valence-corrected chi connectivity index (χ1v) is 4.51. The van der Waals surface area contributed by atoms with Crippen molar-refractivity contribution in [3.8, 4) is 0 Å². The molecule has 0 spiro atoms. The predicted octanol–water partition coefficient (Wildman–Crippen LogP) is -2.14. The summed E-state index contributed by atoms with van der Waals surface area (Å²) in [5.74, 6) is -2.55. The smallest absolute Gasteiger partial charge is 0.321 e. The Bertz CT molecular complexity index is 305. The fourth-order valence-corrected chi connectivity index (χ4v) is 0.837. The number of amides is 1. The number of hydrogen-bond donors (Lipinski definition) is 5. The highest BCUT2D eigenvalue weighted by Crippen LogP contribution is 1.86. The molecular weight excluding hydrogens is 238 g/mol. The number of carboxylic acid groups (broad SMARTS) is 2. The highest BCUT2D eigenvalue weighted by atomic mass is 32.1. The van der Waals surface area contributed by atoms with Gasteiger partial charge in [-0.05, 0) is 12.2 Å². The van der Waals surface area contributed by atoms with Crippen LogP contribution < -0.4 is 16.4 Å². The summed E-state index contributed by atoms with van der Waals surface area (Å²) in [5.41, 5.74) is 4.84. The molecule has 90 valence electrons. The molecular formula is C7H11N3O5S. The lowest BCUT2D eigenvalue weighted by Crippen LogP contribution is -2.32. The van der Waals surface area contributed by atoms with E-state index in [4.69, 9.17) is 15.9 Å². The second-order valence-electron chi connectivity index (χ2n) is 2.77. The van der Waals surface area contributed by atoms with Gasteiger partial charge in [0.2, 0.25) is 5.91 Å². The average molecular weight is 249 g/mol. The second kappa shape index (κ2) is 6.69. The van der Waals surface area contributed by atoms with Crippen LogP contribution in [0.4, 0.5) is 0 Å². The third-order valence-corrected chi connectivity index (χ3v) is 1.62. The van der Waals surface area contributed by atoms with Crippen LogP contribution in [0.3, 0.4) is 0 Å². The van der Waals surface area contributed by atoms with Crippen LogP contribution in [0.15, 0.2) is 0 Å². The average Bonchev–Trinajstić information content (AvgIpc) is 2.49. The Kier molecular flexibility index (Phi) is 5.96. The second-order valence-corrected chi connectivity index (χ2v) is 3.18. The zero-order valence-electron chi connectivity index (χ0n) is 8.10. The zero-order valence-corrected chi connectivity index (χ0v) is 8.91. The molecule has 0 radical (unpaired) electrons. The zero-order chi connectivity index (χ0) is 12.7. The van der Waals surface area contributed by atoms with E-state index in [0.717, 1.165) is 0 Å². The quantitative estimate of drug-likeness (QED) is 0.357. The van der Waals surface area contributed by atoms with Crippen LogP contribution in [-0.4, -0.2) is 45.8 Å². The molecule has 0 bridgehead atoms. The number of carbonyl (C=O) groups excluding carboxylic acids is 1. The molecule has 0 aliphatic carbocycles. The van der Waals surface area contributed by atoms with Crippen molar-refractivity contribution in [2.75, 3.05) is 6.54 Å². The maximum absolute atomic E-state index is 10.2. The van der Waals surface area contributed by atoms with E-state index in [2.05, 4.69) is 22.9 Å². The molecule has 0 aromatic rings. The Morgan fingerprint density at radius 3 is 2.19 bits per heavy atom. The summed E-state index contributed by atoms with van der Waals surface area (Å²) in [6, 6.07) is -1.29. The molecule has 0 aromatic carbocycles. The normalized spacial score (nSPS) is 15.3. The van der Waals surface area contributed by atoms with Crippen LogP contribution >= 0.6 is 12.2 Å². The van der Waals surface area contributed by atoms with Gasteiger partial charge in [0.1, 0.15) is 6.04 Å². The summed E-state index contributed by atoms with van der Waals surface area (Å²) >= 11 is 4.55. The lowest BCUT2D eigenvalue weighted by molar-refractivity contribution is -0.144. The van der Waals surface area contributed by atoms with Crippen molar-refractivity contribution in [2.24, 2.45) is 5.73 Å². The highest BCUT2D eigenvalue weighted by molar-refractivity contribution is 7.80. The number of aliphatic carboxylic acids is 2. The third kappa shape index (κ3) is 6.68. The maximum Gasteiger partial charge on any atom is 0.321 e. The molecule has 1 rings (SSSR count). The van der Waals surface area contributed by atoms with Crippen molar-refractivity contribution in [3.63, 3.8) is 0 Å². The van der Waals surface area contributed by atoms with Gasteiger partial charge in [-0.2, -0.15) is 0 Å². The standard InChI is InChI=1S/C4H7NO4.C3H4N2OS/c5-2(4(8)9)1-3(6)7;6-2-1-4-3(7)5-2/h2H,1,5H2,(H,6,7)(H,8,9);1H2,(H2,4,5,6,7). The van der Waals surface area contributed by atoms with E-state index in [9.17, 15) is 14.4 Å². The molecule has 1 amide bonds. The first-order chi connectivity index (χ1) is 7.32. The number of carbonyl (C=O) groups is 3. The van der Waals surface area contributed by atoms with E-state index < -0.39 is 24.4 Å². The van der Waals surface area contributed by atoms with Crippen molar-refractivity contribution < 1.29 is 24.6 Å². The molecule has 8 nitrogen and oxygen atoms in total. The largest absolute Gasteiger partial charge is 0.481 e. The van der Waals surface area contributed by atoms with Gasteiger partial charge < -0.3 is 26.6 Å². The van der Waals surface area contributed by atoms with Crippen LogP contribution in [-0.2, 0) is 14.4 Å². The minimum atomic E-state index is -1.29. The number of thiocarbonyl (C=S) groups is 1. The fraction of sp³-hybridized carbons (Fsp3) is 0.429. The van der Waals surface area contributed by atoms with Gasteiger partial charge in [0.25, 0.3) is 0 Å². The van der Waals surface area contributed by atoms with Crippen LogP contribution in [0.2, 0.25) is 0 Å². The minimum Gasteiger partial charge on any atom is -0.481 e. The summed E-state index contributed by atoms with van der Waals surface area (Å²) < 4.78 is 0. The molecule has 1 unspecified atom stereocenters. The van der Waals surface area contributed by atoms with Crippen molar-refractivity contribution in [1.29, 1.82) is 0 Å². The molecule has 1 saturated heterocycles. The monoisotopic (exact) mass is 249 g/mol. The van der Waals surface area contributed by atoms with Crippen LogP contribution in [0.5, 0.6) is 0 Å². The van der Waals surface area contributed by atoms with Gasteiger partial charge >= 0.3 is 11.9 Å². The van der Waals surface area contributed by atoms with Crippen molar-refractivity contribution >= 4 is 35.2 Å². The molecule has 1 aliphatic heterocycles. The number of nitrogens with one attached hydrogen (secondary N) is 2. The van der Waals surface area contributed by atoms with Gasteiger partial charge in [-0.1, -0.05) is 0 Å². The van der Waals surface area contributed by atoms with E-state index >= 15 is 0 Å². The minimum absolute atomic E-state index is 0.0509. The summed E-state index contributed by atoms with van der Waals surface area (Å²) in [6.07, 6.45) is -0.532. The van der Waals surface area contributed by atoms with E-state index in [-0.39, 0.29) is 5.91 Å². The number of rotatable bonds is 3. The van der Waals surface area contributed by atoms with Gasteiger partial charge in [0, 0.05) is 0 Å². The lowest BCUT2D eigenvalue weighted by Gasteiger charge is -1.99. The molecule has 0 aromatic heterocycles. The highest BCUT2D eigenvalue weighted by Gasteiger charge is 2.14. The van der Waals surface area contributed by atoms with Crippen LogP contribution in [0.25, 0.3) is 0 Å². The van der Waals surface area contributed by atoms with E-state index in [1.807, 2.05) is 0 Å². The summed E-state index contributed by atoms with van der Waals surface area (Å²) in [5, 5.41) is 21.5. The predicted molar refractivity (Wildman–Crippen MR) is 56.6 cm³/mol. The Labute approximate surface area is 95.8 Å². The molecule has 16 heavy (non-hydrogen) atoms. The van der Waals surface area contributed by atoms with Crippen LogP contribution in [0.1, 0.15) is 6.42 Å². The maximum atomic E-state index is 10.2. The first kappa shape index (κ1) is 14.3. The molecule has 0 saturated carbocycles. The fourth-order valence-electron chi connectivity index (χ4n) is 0.651. The Morgan fingerprint density at radius 1 is 1.50 bits per heavy atom. The van der Waals surface area contributed by atoms with Gasteiger partial charge in [-0.25, -0.2) is 0 Å². The Morgan fingerprint density at radius 2 is 2.06 bits per heavy atom. The molecule has 9 heteroatoms. The van der Waals surface area contributed by atoms with Crippen molar-refractivity contribution in [2.45, 2.75) is 12.5 Å². The number of hydrogen-bond acceptors (Lipinski definition) is 5. The molecule has 1 fully saturated rings. The van der Waals surface area contributed by atoms with Gasteiger partial charge in [-0.15, -0.1) is 0 Å². The SMILES string of the molecule is NC(CC(=O)O)C(=O)O.O=C1CNC(=S)N1. The summed E-state index contributed by atoms with van der Waals surface area (Å²) in [6.45, 7) is 0.332. The Hall–Kier alpha value is -1.74. The summed E-state index contributed by atoms with van der Waals surface area (Å²) in [7, 11) is 0. The Balaban J connectivity index is 0.000000288. The third-order valence-electron chi connectivity index (χ3n) is 1.37. The van der Waals surface area contributed by atoms with E-state index in [0.29, 0.717) is 11.7 Å². The topological polar surface area (TPSA) is 142 Å². The molecule has 1 aliphatic rings. The summed E-state index contributed by atoms with van der Waals surface area (Å²) in [4.78, 5) is 29.8. The number of carboxylic acids is 2. The molecule has 6 N–H and O–H groups in total. The van der Waals surface area contributed by atoms with Crippen molar-refractivity contribution in [1.82, 2.24) is 10.6 Å².